The number of β-amino-alcohol motifs (C(OH)–C–C–N with tert-alkyl or cyclic N) is 1. The number of aliphatic hydroxyl groups excluding tert-OH is 1. The van der Waals surface area contributed by atoms with Crippen LogP contribution in [0.25, 0.3) is 0 Å². The molecule has 2 aliphatic carbocycles. The number of aliphatic hydroxyl groups is 1. The van der Waals surface area contributed by atoms with E-state index in [-0.39, 0.29) is 24.0 Å². The van der Waals surface area contributed by atoms with E-state index in [0.717, 1.165) is 68.6 Å². The summed E-state index contributed by atoms with van der Waals surface area (Å²) in [7, 11) is 0. The van der Waals surface area contributed by atoms with Gasteiger partial charge in [-0.2, -0.15) is 0 Å². The molecule has 1 fully saturated rings. The minimum Gasteiger partial charge on any atom is -0.392 e. The molecule has 0 radical (unpaired) electrons. The lowest BCUT2D eigenvalue weighted by atomic mass is 9.91. The maximum Gasteiger partial charge on any atom is 0.223 e. The van der Waals surface area contributed by atoms with Crippen LogP contribution in [0.3, 0.4) is 0 Å². The van der Waals surface area contributed by atoms with Crippen molar-refractivity contribution >= 4 is 5.91 Å². The first-order chi connectivity index (χ1) is 11.7. The number of likely N-dealkylation sites (tertiary alicyclic amines) is 1. The van der Waals surface area contributed by atoms with Crippen LogP contribution in [-0.4, -0.2) is 46.3 Å². The quantitative estimate of drug-likeness (QED) is 0.810. The van der Waals surface area contributed by atoms with Crippen molar-refractivity contribution in [1.29, 1.82) is 0 Å². The fourth-order valence-corrected chi connectivity index (χ4v) is 4.03. The number of amides is 1. The lowest BCUT2D eigenvalue weighted by molar-refractivity contribution is -0.125. The van der Waals surface area contributed by atoms with Gasteiger partial charge < -0.3 is 14.9 Å². The van der Waals surface area contributed by atoms with Crippen LogP contribution in [0.1, 0.15) is 42.7 Å². The van der Waals surface area contributed by atoms with Gasteiger partial charge in [-0.05, 0) is 32.1 Å². The molecule has 1 aliphatic heterocycles. The van der Waals surface area contributed by atoms with Crippen LogP contribution < -0.4 is 5.32 Å². The van der Waals surface area contributed by atoms with E-state index in [1.165, 1.54) is 0 Å². The molecule has 2 heterocycles. The lowest BCUT2D eigenvalue weighted by Gasteiger charge is -2.24. The zero-order valence-electron chi connectivity index (χ0n) is 13.9. The van der Waals surface area contributed by atoms with Gasteiger partial charge in [0.25, 0.3) is 0 Å². The summed E-state index contributed by atoms with van der Waals surface area (Å²) in [6, 6.07) is 0.174. The molecule has 0 bridgehead atoms. The molecule has 2 atom stereocenters. The maximum absolute atomic E-state index is 12.3. The van der Waals surface area contributed by atoms with Crippen LogP contribution in [0.5, 0.6) is 0 Å². The van der Waals surface area contributed by atoms with Crippen LogP contribution in [0, 0.1) is 5.92 Å². The van der Waals surface area contributed by atoms with Crippen molar-refractivity contribution in [3.05, 3.63) is 29.2 Å². The number of nitrogens with zero attached hydrogens (tertiary/aromatic N) is 2. The molecule has 1 amide bonds. The molecule has 3 aliphatic rings. The number of carbonyl (C=O) groups excluding carboxylic acids is 1. The maximum atomic E-state index is 12.3. The van der Waals surface area contributed by atoms with Crippen LogP contribution in [0.15, 0.2) is 16.7 Å². The zero-order valence-corrected chi connectivity index (χ0v) is 13.9. The molecular weight excluding hydrogens is 306 g/mol. The molecule has 130 valence electrons. The normalized spacial score (nSPS) is 27.5. The van der Waals surface area contributed by atoms with Crippen LogP contribution >= 0.6 is 0 Å². The molecule has 1 aromatic rings. The number of rotatable bonds is 4. The Balaban J connectivity index is 1.38. The van der Waals surface area contributed by atoms with E-state index >= 15 is 0 Å². The highest BCUT2D eigenvalue weighted by Gasteiger charge is 2.30. The van der Waals surface area contributed by atoms with Gasteiger partial charge in [-0.15, -0.1) is 0 Å². The SMILES string of the molecule is O=C(NC1CCc2onc(CN3CC[C@@H](O)C3)c2C1)C1CC=CC1. The van der Waals surface area contributed by atoms with E-state index in [0.29, 0.717) is 6.54 Å². The predicted octanol–water partition coefficient (Wildman–Crippen LogP) is 1.18. The Morgan fingerprint density at radius 3 is 2.96 bits per heavy atom. The third-order valence-corrected chi connectivity index (χ3v) is 5.47. The van der Waals surface area contributed by atoms with E-state index in [2.05, 4.69) is 27.5 Å². The molecule has 4 rings (SSSR count). The third kappa shape index (κ3) is 3.26. The summed E-state index contributed by atoms with van der Waals surface area (Å²) in [5.41, 5.74) is 2.14. The van der Waals surface area contributed by atoms with Crippen molar-refractivity contribution in [2.45, 2.75) is 57.2 Å². The molecule has 0 spiro atoms. The minimum atomic E-state index is -0.222. The summed E-state index contributed by atoms with van der Waals surface area (Å²) in [6.45, 7) is 2.33. The largest absolute Gasteiger partial charge is 0.392 e. The first-order valence-electron chi connectivity index (χ1n) is 9.01. The minimum absolute atomic E-state index is 0.111. The van der Waals surface area contributed by atoms with E-state index < -0.39 is 0 Å². The number of fused-ring (bicyclic) bond motifs is 1. The summed E-state index contributed by atoms with van der Waals surface area (Å²) in [5.74, 6) is 1.26. The molecular formula is C18H25N3O3. The van der Waals surface area contributed by atoms with E-state index in [1.807, 2.05) is 0 Å². The number of hydrogen-bond acceptors (Lipinski definition) is 5. The smallest absolute Gasteiger partial charge is 0.223 e. The van der Waals surface area contributed by atoms with E-state index in [1.54, 1.807) is 0 Å². The van der Waals surface area contributed by atoms with Gasteiger partial charge in [0.2, 0.25) is 5.91 Å². The molecule has 0 aromatic carbocycles. The highest BCUT2D eigenvalue weighted by Crippen LogP contribution is 2.27. The molecule has 6 nitrogen and oxygen atoms in total. The topological polar surface area (TPSA) is 78.6 Å². The molecule has 1 aromatic heterocycles. The predicted molar refractivity (Wildman–Crippen MR) is 88.2 cm³/mol. The van der Waals surface area contributed by atoms with Crippen LogP contribution in [0.4, 0.5) is 0 Å². The molecule has 2 N–H and O–H groups in total. The van der Waals surface area contributed by atoms with Crippen LogP contribution in [0.2, 0.25) is 0 Å². The van der Waals surface area contributed by atoms with Gasteiger partial charge in [-0.3, -0.25) is 9.69 Å². The number of aromatic nitrogens is 1. The lowest BCUT2D eigenvalue weighted by Crippen LogP contribution is -2.41. The number of nitrogens with one attached hydrogen (secondary N) is 1. The number of aryl methyl sites for hydroxylation is 1. The van der Waals surface area contributed by atoms with Crippen molar-refractivity contribution in [2.24, 2.45) is 5.92 Å². The Kier molecular flexibility index (Phi) is 4.41. The number of hydrogen-bond donors (Lipinski definition) is 2. The summed E-state index contributed by atoms with van der Waals surface area (Å²) in [4.78, 5) is 14.6. The summed E-state index contributed by atoms with van der Waals surface area (Å²) in [6.07, 6.45) is 9.05. The molecule has 24 heavy (non-hydrogen) atoms. The third-order valence-electron chi connectivity index (χ3n) is 5.47. The van der Waals surface area contributed by atoms with Gasteiger partial charge in [0.05, 0.1) is 6.10 Å². The van der Waals surface area contributed by atoms with Crippen LogP contribution in [-0.2, 0) is 24.2 Å². The van der Waals surface area contributed by atoms with E-state index in [9.17, 15) is 9.90 Å². The number of carbonyl (C=O) groups is 1. The van der Waals surface area contributed by atoms with Crippen molar-refractivity contribution in [2.75, 3.05) is 13.1 Å². The Labute approximate surface area is 141 Å². The second-order valence-electron chi connectivity index (χ2n) is 7.30. The molecule has 6 heteroatoms. The number of allylic oxidation sites excluding steroid dienone is 2. The van der Waals surface area contributed by atoms with Gasteiger partial charge in [-0.25, -0.2) is 0 Å². The van der Waals surface area contributed by atoms with Gasteiger partial charge >= 0.3 is 0 Å². The summed E-state index contributed by atoms with van der Waals surface area (Å²) in [5, 5.41) is 17.1. The standard InChI is InChI=1S/C18H25N3O3/c22-14-7-8-21(10-14)11-16-15-9-13(5-6-17(15)24-20-16)19-18(23)12-3-1-2-4-12/h1-2,12-14,22H,3-11H2,(H,19,23)/t13?,14-/m1/s1. The summed E-state index contributed by atoms with van der Waals surface area (Å²) >= 11 is 0. The first kappa shape index (κ1) is 15.8. The van der Waals surface area contributed by atoms with Gasteiger partial charge in [0.1, 0.15) is 11.5 Å². The molecule has 1 unspecified atom stereocenters. The monoisotopic (exact) mass is 331 g/mol. The summed E-state index contributed by atoms with van der Waals surface area (Å²) < 4.78 is 5.52. The Bertz CT molecular complexity index is 631. The highest BCUT2D eigenvalue weighted by atomic mass is 16.5. The van der Waals surface area contributed by atoms with Gasteiger partial charge in [-0.1, -0.05) is 17.3 Å². The fourth-order valence-electron chi connectivity index (χ4n) is 4.03. The van der Waals surface area contributed by atoms with Gasteiger partial charge in [0, 0.05) is 43.6 Å². The first-order valence-corrected chi connectivity index (χ1v) is 9.01. The Morgan fingerprint density at radius 1 is 1.38 bits per heavy atom. The Morgan fingerprint density at radius 2 is 2.21 bits per heavy atom. The van der Waals surface area contributed by atoms with Crippen molar-refractivity contribution < 1.29 is 14.4 Å². The second-order valence-corrected chi connectivity index (χ2v) is 7.30. The average molecular weight is 331 g/mol. The van der Waals surface area contributed by atoms with Crippen molar-refractivity contribution in [3.63, 3.8) is 0 Å². The highest BCUT2D eigenvalue weighted by molar-refractivity contribution is 5.79. The fraction of sp³-hybridized carbons (Fsp3) is 0.667. The zero-order chi connectivity index (χ0) is 16.5. The van der Waals surface area contributed by atoms with E-state index in [4.69, 9.17) is 4.52 Å². The van der Waals surface area contributed by atoms with Gasteiger partial charge in [0.15, 0.2) is 0 Å². The second kappa shape index (κ2) is 6.69. The molecule has 1 saturated heterocycles. The van der Waals surface area contributed by atoms with Crippen molar-refractivity contribution in [1.82, 2.24) is 15.4 Å². The molecule has 0 saturated carbocycles. The van der Waals surface area contributed by atoms with Crippen molar-refractivity contribution in [3.8, 4) is 0 Å². The average Bonchev–Trinajstić information content (AvgIpc) is 3.30. The Hall–Kier alpha value is -1.66.